The van der Waals surface area contributed by atoms with Crippen molar-refractivity contribution in [1.82, 2.24) is 19.8 Å². The second-order valence-corrected chi connectivity index (χ2v) is 9.14. The second-order valence-electron chi connectivity index (χ2n) is 9.14. The first-order valence-electron chi connectivity index (χ1n) is 11.8. The van der Waals surface area contributed by atoms with Crippen LogP contribution in [0.2, 0.25) is 0 Å². The molecule has 2 saturated heterocycles. The molecule has 1 N–H and O–H groups in total. The van der Waals surface area contributed by atoms with E-state index in [0.717, 1.165) is 55.7 Å². The number of fused-ring (bicyclic) bond motifs is 1. The van der Waals surface area contributed by atoms with Crippen LogP contribution in [0, 0.1) is 0 Å². The molecule has 1 aromatic heterocycles. The summed E-state index contributed by atoms with van der Waals surface area (Å²) in [5, 5.41) is 4.37. The fraction of sp³-hybridized carbons (Fsp3) is 0.667. The van der Waals surface area contributed by atoms with Crippen molar-refractivity contribution in [3.63, 3.8) is 0 Å². The van der Waals surface area contributed by atoms with Crippen LogP contribution in [0.4, 0.5) is 5.69 Å². The van der Waals surface area contributed by atoms with Crippen LogP contribution in [0.25, 0.3) is 10.9 Å². The fourth-order valence-electron chi connectivity index (χ4n) is 5.33. The average Bonchev–Trinajstić information content (AvgIpc) is 3.26. The van der Waals surface area contributed by atoms with Crippen LogP contribution in [-0.2, 0) is 6.54 Å². The number of piperazine rings is 1. The Balaban J connectivity index is 1.80. The third-order valence-corrected chi connectivity index (χ3v) is 6.64. The zero-order chi connectivity index (χ0) is 21.3. The molecule has 2 fully saturated rings. The van der Waals surface area contributed by atoms with Gasteiger partial charge in [-0.2, -0.15) is 0 Å². The molecule has 2 aromatic rings. The monoisotopic (exact) mass is 411 g/mol. The lowest BCUT2D eigenvalue weighted by Crippen LogP contribution is -2.55. The van der Waals surface area contributed by atoms with E-state index in [1.165, 1.54) is 18.5 Å². The number of benzene rings is 1. The lowest BCUT2D eigenvalue weighted by molar-refractivity contribution is 0.109. The van der Waals surface area contributed by atoms with Gasteiger partial charge in [0, 0.05) is 50.5 Å². The number of nitrogens with zero attached hydrogens (tertiary/aromatic N) is 4. The van der Waals surface area contributed by atoms with Gasteiger partial charge in [0.2, 0.25) is 0 Å². The van der Waals surface area contributed by atoms with Crippen LogP contribution in [0.3, 0.4) is 0 Å². The molecule has 6 heteroatoms. The third kappa shape index (κ3) is 4.12. The van der Waals surface area contributed by atoms with E-state index in [2.05, 4.69) is 54.9 Å². The highest BCUT2D eigenvalue weighted by molar-refractivity contribution is 5.81. The molecule has 0 aliphatic carbocycles. The summed E-state index contributed by atoms with van der Waals surface area (Å²) in [5.41, 5.74) is 2.15. The van der Waals surface area contributed by atoms with Crippen molar-refractivity contribution >= 4 is 16.6 Å². The molecule has 30 heavy (non-hydrogen) atoms. The zero-order valence-corrected chi connectivity index (χ0v) is 19.0. The number of hydrogen-bond acceptors (Lipinski definition) is 5. The first-order valence-corrected chi connectivity index (χ1v) is 11.8. The molecule has 1 unspecified atom stereocenters. The van der Waals surface area contributed by atoms with Gasteiger partial charge < -0.3 is 10.2 Å². The number of aromatic nitrogens is 2. The summed E-state index contributed by atoms with van der Waals surface area (Å²) >= 11 is 0. The largest absolute Gasteiger partial charge is 0.371 e. The Morgan fingerprint density at radius 1 is 1.13 bits per heavy atom. The molecular formula is C24H37N5O. The number of hydrogen-bond donors (Lipinski definition) is 1. The van der Waals surface area contributed by atoms with Gasteiger partial charge in [0.25, 0.3) is 5.56 Å². The molecule has 164 valence electrons. The van der Waals surface area contributed by atoms with Crippen LogP contribution in [0.5, 0.6) is 0 Å². The summed E-state index contributed by atoms with van der Waals surface area (Å²) in [7, 11) is 0. The molecule has 2 aliphatic heterocycles. The van der Waals surface area contributed by atoms with Crippen molar-refractivity contribution in [2.24, 2.45) is 0 Å². The van der Waals surface area contributed by atoms with Crippen LogP contribution < -0.4 is 15.8 Å². The Labute approximate surface area is 180 Å². The van der Waals surface area contributed by atoms with Gasteiger partial charge in [-0.15, -0.1) is 0 Å². The molecule has 0 radical (unpaired) electrons. The Hall–Kier alpha value is -1.92. The predicted molar refractivity (Wildman–Crippen MR) is 124 cm³/mol. The number of anilines is 1. The van der Waals surface area contributed by atoms with E-state index < -0.39 is 0 Å². The first kappa shape index (κ1) is 21.3. The van der Waals surface area contributed by atoms with Gasteiger partial charge >= 0.3 is 0 Å². The van der Waals surface area contributed by atoms with E-state index in [1.54, 1.807) is 0 Å². The van der Waals surface area contributed by atoms with Crippen molar-refractivity contribution in [2.75, 3.05) is 31.1 Å². The fourth-order valence-corrected chi connectivity index (χ4v) is 5.33. The highest BCUT2D eigenvalue weighted by Gasteiger charge is 2.30. The summed E-state index contributed by atoms with van der Waals surface area (Å²) < 4.78 is 1.91. The van der Waals surface area contributed by atoms with E-state index in [-0.39, 0.29) is 11.6 Å². The first-order chi connectivity index (χ1) is 14.5. The van der Waals surface area contributed by atoms with E-state index in [9.17, 15) is 4.79 Å². The normalized spacial score (nSPS) is 23.9. The maximum atomic E-state index is 13.4. The molecule has 3 atom stereocenters. The zero-order valence-electron chi connectivity index (χ0n) is 19.0. The van der Waals surface area contributed by atoms with Gasteiger partial charge in [0.05, 0.1) is 16.9 Å². The Kier molecular flexibility index (Phi) is 6.44. The molecule has 3 heterocycles. The molecule has 6 nitrogen and oxygen atoms in total. The molecule has 0 saturated carbocycles. The SMILES string of the molecule is CCCC(c1nc2cc(N3CCCC3)ccc2c(=O)n1CC)N1C[C@@H](C)N[C@@H](C)C1. The van der Waals surface area contributed by atoms with E-state index in [1.807, 2.05) is 10.6 Å². The summed E-state index contributed by atoms with van der Waals surface area (Å²) in [4.78, 5) is 23.5. The van der Waals surface area contributed by atoms with Crippen molar-refractivity contribution in [3.8, 4) is 0 Å². The maximum Gasteiger partial charge on any atom is 0.261 e. The minimum absolute atomic E-state index is 0.0998. The predicted octanol–water partition coefficient (Wildman–Crippen LogP) is 3.54. The maximum absolute atomic E-state index is 13.4. The van der Waals surface area contributed by atoms with Gasteiger partial charge in [-0.1, -0.05) is 13.3 Å². The summed E-state index contributed by atoms with van der Waals surface area (Å²) in [5.74, 6) is 0.941. The highest BCUT2D eigenvalue weighted by atomic mass is 16.1. The molecule has 0 amide bonds. The lowest BCUT2D eigenvalue weighted by Gasteiger charge is -2.41. The van der Waals surface area contributed by atoms with E-state index in [0.29, 0.717) is 18.6 Å². The van der Waals surface area contributed by atoms with Crippen LogP contribution in [0.15, 0.2) is 23.0 Å². The summed E-state index contributed by atoms with van der Waals surface area (Å²) in [6, 6.07) is 7.28. The van der Waals surface area contributed by atoms with Gasteiger partial charge in [-0.3, -0.25) is 14.3 Å². The van der Waals surface area contributed by atoms with Gasteiger partial charge in [-0.25, -0.2) is 4.98 Å². The van der Waals surface area contributed by atoms with E-state index in [4.69, 9.17) is 4.98 Å². The molecule has 1 aromatic carbocycles. The average molecular weight is 412 g/mol. The minimum Gasteiger partial charge on any atom is -0.371 e. The van der Waals surface area contributed by atoms with Crippen molar-refractivity contribution < 1.29 is 0 Å². The van der Waals surface area contributed by atoms with Gasteiger partial charge in [0.15, 0.2) is 0 Å². The Morgan fingerprint density at radius 3 is 2.47 bits per heavy atom. The Bertz CT molecular complexity index is 923. The molecule has 4 rings (SSSR count). The third-order valence-electron chi connectivity index (χ3n) is 6.64. The molecule has 0 bridgehead atoms. The number of nitrogens with one attached hydrogen (secondary N) is 1. The minimum atomic E-state index is 0.0998. The second kappa shape index (κ2) is 9.06. The highest BCUT2D eigenvalue weighted by Crippen LogP contribution is 2.29. The van der Waals surface area contributed by atoms with Crippen molar-refractivity contribution in [3.05, 3.63) is 34.4 Å². The summed E-state index contributed by atoms with van der Waals surface area (Å²) in [6.07, 6.45) is 4.57. The quantitative estimate of drug-likeness (QED) is 0.788. The van der Waals surface area contributed by atoms with Crippen LogP contribution in [-0.4, -0.2) is 52.7 Å². The van der Waals surface area contributed by atoms with Crippen LogP contribution >= 0.6 is 0 Å². The van der Waals surface area contributed by atoms with Gasteiger partial charge in [0.1, 0.15) is 5.82 Å². The molecular weight excluding hydrogens is 374 g/mol. The smallest absolute Gasteiger partial charge is 0.261 e. The molecule has 2 aliphatic rings. The van der Waals surface area contributed by atoms with Crippen molar-refractivity contribution in [2.45, 2.75) is 78.0 Å². The lowest BCUT2D eigenvalue weighted by atomic mass is 10.0. The summed E-state index contributed by atoms with van der Waals surface area (Å²) in [6.45, 7) is 13.6. The standard InChI is InChI=1S/C24H37N5O/c1-5-9-22(28-15-17(3)25-18(4)16-28)23-26-21-14-19(27-12-7-8-13-27)10-11-20(21)24(30)29(23)6-2/h10-11,14,17-18,22,25H,5-9,12-13,15-16H2,1-4H3/t17-,18+,22?. The van der Waals surface area contributed by atoms with Gasteiger partial charge in [-0.05, 0) is 58.2 Å². The molecule has 0 spiro atoms. The van der Waals surface area contributed by atoms with Crippen molar-refractivity contribution in [1.29, 1.82) is 0 Å². The topological polar surface area (TPSA) is 53.4 Å². The number of rotatable bonds is 6. The van der Waals surface area contributed by atoms with E-state index >= 15 is 0 Å². The van der Waals surface area contributed by atoms with Crippen LogP contribution in [0.1, 0.15) is 65.2 Å². The Morgan fingerprint density at radius 2 is 1.83 bits per heavy atom.